The van der Waals surface area contributed by atoms with Gasteiger partial charge in [-0.25, -0.2) is 0 Å². The molecule has 0 atom stereocenters. The molecule has 0 aromatic carbocycles. The Labute approximate surface area is 115 Å². The van der Waals surface area contributed by atoms with E-state index in [-0.39, 0.29) is 5.41 Å². The van der Waals surface area contributed by atoms with Gasteiger partial charge in [0.25, 0.3) is 0 Å². The molecule has 6 heteroatoms. The minimum Gasteiger partial charge on any atom is -0.409 e. The van der Waals surface area contributed by atoms with Gasteiger partial charge in [0, 0.05) is 26.1 Å². The normalized spacial score (nSPS) is 23.5. The van der Waals surface area contributed by atoms with Gasteiger partial charge < -0.3 is 21.0 Å². The van der Waals surface area contributed by atoms with E-state index in [1.54, 1.807) is 0 Å². The van der Waals surface area contributed by atoms with E-state index in [0.29, 0.717) is 12.3 Å². The summed E-state index contributed by atoms with van der Waals surface area (Å²) in [6.07, 6.45) is 4.24. The number of oxime groups is 1. The molecule has 2 rings (SSSR count). The van der Waals surface area contributed by atoms with E-state index in [4.69, 9.17) is 15.7 Å². The Bertz CT molecular complexity index is 299. The predicted octanol–water partition coefficient (Wildman–Crippen LogP) is 0.215. The second kappa shape index (κ2) is 7.07. The van der Waals surface area contributed by atoms with Crippen LogP contribution < -0.4 is 11.1 Å². The van der Waals surface area contributed by atoms with Gasteiger partial charge in [-0.2, -0.15) is 0 Å². The molecular formula is C13H26N4O2. The molecule has 2 aliphatic rings. The highest BCUT2D eigenvalue weighted by atomic mass is 16.5. The van der Waals surface area contributed by atoms with Gasteiger partial charge in [-0.15, -0.1) is 0 Å². The van der Waals surface area contributed by atoms with E-state index in [0.717, 1.165) is 45.9 Å². The van der Waals surface area contributed by atoms with Gasteiger partial charge in [-0.3, -0.25) is 4.90 Å². The summed E-state index contributed by atoms with van der Waals surface area (Å²) >= 11 is 0. The first-order valence-corrected chi connectivity index (χ1v) is 7.21. The van der Waals surface area contributed by atoms with Gasteiger partial charge in [0.05, 0.1) is 13.2 Å². The number of amidine groups is 1. The molecule has 6 nitrogen and oxygen atoms in total. The van der Waals surface area contributed by atoms with Crippen molar-refractivity contribution in [1.82, 2.24) is 10.2 Å². The molecular weight excluding hydrogens is 244 g/mol. The molecule has 0 spiro atoms. The van der Waals surface area contributed by atoms with Crippen LogP contribution in [0.1, 0.15) is 25.7 Å². The Hall–Kier alpha value is -0.850. The largest absolute Gasteiger partial charge is 0.409 e. The lowest BCUT2D eigenvalue weighted by molar-refractivity contribution is 0.0374. The third-order valence-electron chi connectivity index (χ3n) is 4.07. The van der Waals surface area contributed by atoms with Crippen molar-refractivity contribution in [2.45, 2.75) is 25.7 Å². The number of hydrogen-bond acceptors (Lipinski definition) is 5. The van der Waals surface area contributed by atoms with Crippen molar-refractivity contribution in [1.29, 1.82) is 0 Å². The molecule has 1 aliphatic carbocycles. The van der Waals surface area contributed by atoms with E-state index >= 15 is 0 Å². The summed E-state index contributed by atoms with van der Waals surface area (Å²) in [6.45, 7) is 7.03. The summed E-state index contributed by atoms with van der Waals surface area (Å²) in [5.41, 5.74) is 5.84. The Morgan fingerprint density at radius 1 is 1.37 bits per heavy atom. The van der Waals surface area contributed by atoms with E-state index in [2.05, 4.69) is 15.4 Å². The van der Waals surface area contributed by atoms with E-state index in [1.165, 1.54) is 19.3 Å². The highest BCUT2D eigenvalue weighted by Gasteiger charge is 2.42. The zero-order chi connectivity index (χ0) is 13.6. The molecule has 0 bridgehead atoms. The minimum absolute atomic E-state index is 0.259. The van der Waals surface area contributed by atoms with Crippen molar-refractivity contribution in [3.8, 4) is 0 Å². The average Bonchev–Trinajstić information content (AvgIpc) is 3.19. The Morgan fingerprint density at radius 3 is 2.74 bits per heavy atom. The Kier molecular flexibility index (Phi) is 5.42. The maximum Gasteiger partial charge on any atom is 0.139 e. The number of ether oxygens (including phenoxy) is 1. The van der Waals surface area contributed by atoms with Gasteiger partial charge in [0.15, 0.2) is 0 Å². The summed E-state index contributed by atoms with van der Waals surface area (Å²) in [5, 5.41) is 15.2. The number of nitrogens with two attached hydrogens (primary N) is 1. The summed E-state index contributed by atoms with van der Waals surface area (Å²) in [6, 6.07) is 0. The van der Waals surface area contributed by atoms with Crippen LogP contribution in [-0.2, 0) is 4.74 Å². The van der Waals surface area contributed by atoms with Crippen molar-refractivity contribution in [3.63, 3.8) is 0 Å². The zero-order valence-corrected chi connectivity index (χ0v) is 11.6. The predicted molar refractivity (Wildman–Crippen MR) is 74.4 cm³/mol. The van der Waals surface area contributed by atoms with Crippen LogP contribution in [0.15, 0.2) is 5.16 Å². The fourth-order valence-electron chi connectivity index (χ4n) is 2.62. The number of nitrogens with one attached hydrogen (secondary N) is 1. The zero-order valence-electron chi connectivity index (χ0n) is 11.6. The fourth-order valence-corrected chi connectivity index (χ4v) is 2.62. The van der Waals surface area contributed by atoms with Crippen LogP contribution in [0, 0.1) is 5.41 Å². The Balaban J connectivity index is 1.52. The smallest absolute Gasteiger partial charge is 0.139 e. The lowest BCUT2D eigenvalue weighted by atomic mass is 10.0. The molecule has 0 unspecified atom stereocenters. The molecule has 1 aliphatic heterocycles. The number of morpholine rings is 1. The molecule has 4 N–H and O–H groups in total. The Morgan fingerprint density at radius 2 is 2.11 bits per heavy atom. The van der Waals surface area contributed by atoms with Crippen molar-refractivity contribution in [3.05, 3.63) is 0 Å². The SMILES string of the molecule is NC(CC1(CNCCCN2CCOCC2)CC1)=NO. The topological polar surface area (TPSA) is 83.1 Å². The first kappa shape index (κ1) is 14.6. The molecule has 19 heavy (non-hydrogen) atoms. The van der Waals surface area contributed by atoms with E-state index < -0.39 is 0 Å². The lowest BCUT2D eigenvalue weighted by Crippen LogP contribution is -2.38. The number of hydrogen-bond donors (Lipinski definition) is 3. The lowest BCUT2D eigenvalue weighted by Gasteiger charge is -2.26. The summed E-state index contributed by atoms with van der Waals surface area (Å²) < 4.78 is 5.33. The average molecular weight is 270 g/mol. The summed E-state index contributed by atoms with van der Waals surface area (Å²) in [4.78, 5) is 2.45. The quantitative estimate of drug-likeness (QED) is 0.193. The maximum absolute atomic E-state index is 8.61. The maximum atomic E-state index is 8.61. The van der Waals surface area contributed by atoms with Gasteiger partial charge in [-0.05, 0) is 37.8 Å². The second-order valence-electron chi connectivity index (χ2n) is 5.75. The van der Waals surface area contributed by atoms with E-state index in [9.17, 15) is 0 Å². The summed E-state index contributed by atoms with van der Waals surface area (Å²) in [7, 11) is 0. The van der Waals surface area contributed by atoms with Crippen LogP contribution in [0.3, 0.4) is 0 Å². The van der Waals surface area contributed by atoms with Crippen molar-refractivity contribution in [2.75, 3.05) is 45.9 Å². The molecule has 1 saturated heterocycles. The van der Waals surface area contributed by atoms with Crippen LogP contribution in [-0.4, -0.2) is 61.9 Å². The summed E-state index contributed by atoms with van der Waals surface area (Å²) in [5.74, 6) is 0.354. The van der Waals surface area contributed by atoms with Crippen molar-refractivity contribution in [2.24, 2.45) is 16.3 Å². The molecule has 0 aromatic heterocycles. The molecule has 0 amide bonds. The fraction of sp³-hybridized carbons (Fsp3) is 0.923. The first-order chi connectivity index (χ1) is 9.24. The van der Waals surface area contributed by atoms with Gasteiger partial charge in [0.1, 0.15) is 5.84 Å². The molecule has 0 radical (unpaired) electrons. The van der Waals surface area contributed by atoms with Gasteiger partial charge in [-0.1, -0.05) is 5.16 Å². The van der Waals surface area contributed by atoms with Crippen LogP contribution in [0.2, 0.25) is 0 Å². The van der Waals surface area contributed by atoms with Crippen LogP contribution in [0.25, 0.3) is 0 Å². The van der Waals surface area contributed by atoms with Gasteiger partial charge in [0.2, 0.25) is 0 Å². The van der Waals surface area contributed by atoms with E-state index in [1.807, 2.05) is 0 Å². The van der Waals surface area contributed by atoms with Gasteiger partial charge >= 0.3 is 0 Å². The monoisotopic (exact) mass is 270 g/mol. The van der Waals surface area contributed by atoms with Crippen molar-refractivity contribution < 1.29 is 9.94 Å². The van der Waals surface area contributed by atoms with Crippen molar-refractivity contribution >= 4 is 5.84 Å². The highest BCUT2D eigenvalue weighted by molar-refractivity contribution is 5.80. The standard InChI is InChI=1S/C13H26N4O2/c14-12(16-18)10-13(2-3-13)11-15-4-1-5-17-6-8-19-9-7-17/h15,18H,1-11H2,(H2,14,16). The van der Waals surface area contributed by atoms with Crippen LogP contribution >= 0.6 is 0 Å². The molecule has 110 valence electrons. The molecule has 1 saturated carbocycles. The number of rotatable bonds is 8. The second-order valence-corrected chi connectivity index (χ2v) is 5.75. The first-order valence-electron chi connectivity index (χ1n) is 7.21. The third kappa shape index (κ3) is 4.97. The highest BCUT2D eigenvalue weighted by Crippen LogP contribution is 2.48. The number of nitrogens with zero attached hydrogens (tertiary/aromatic N) is 2. The molecule has 2 fully saturated rings. The molecule has 0 aromatic rings. The van der Waals surface area contributed by atoms with Crippen LogP contribution in [0.5, 0.6) is 0 Å². The molecule has 1 heterocycles. The minimum atomic E-state index is 0.259. The van der Waals surface area contributed by atoms with Crippen LogP contribution in [0.4, 0.5) is 0 Å². The third-order valence-corrected chi connectivity index (χ3v) is 4.07.